The van der Waals surface area contributed by atoms with E-state index >= 15 is 0 Å². The molecule has 23 heavy (non-hydrogen) atoms. The molecule has 2 aliphatic heterocycles. The zero-order valence-corrected chi connectivity index (χ0v) is 15.7. The molecular weight excluding hydrogens is 312 g/mol. The third kappa shape index (κ3) is 5.75. The van der Waals surface area contributed by atoms with E-state index in [0.717, 1.165) is 38.8 Å². The fourth-order valence-electron chi connectivity index (χ4n) is 3.30. The zero-order chi connectivity index (χ0) is 17.1. The van der Waals surface area contributed by atoms with Gasteiger partial charge >= 0.3 is 0 Å². The second kappa shape index (κ2) is 7.51. The molecule has 0 spiro atoms. The van der Waals surface area contributed by atoms with Gasteiger partial charge in [0.05, 0.1) is 5.75 Å². The molecule has 0 unspecified atom stereocenters. The lowest BCUT2D eigenvalue weighted by Gasteiger charge is -2.36. The molecule has 1 amide bonds. The molecule has 2 rings (SSSR count). The van der Waals surface area contributed by atoms with E-state index in [2.05, 4.69) is 20.8 Å². The van der Waals surface area contributed by atoms with Gasteiger partial charge in [0.15, 0.2) is 0 Å². The Bertz CT molecular complexity index is 502. The van der Waals surface area contributed by atoms with Crippen LogP contribution in [0.1, 0.15) is 59.3 Å². The van der Waals surface area contributed by atoms with Gasteiger partial charge < -0.3 is 4.90 Å². The predicted molar refractivity (Wildman–Crippen MR) is 92.6 cm³/mol. The molecule has 2 aliphatic rings. The lowest BCUT2D eigenvalue weighted by atomic mass is 9.94. The van der Waals surface area contributed by atoms with E-state index in [0.29, 0.717) is 31.8 Å². The highest BCUT2D eigenvalue weighted by molar-refractivity contribution is 7.89. The van der Waals surface area contributed by atoms with Crippen molar-refractivity contribution >= 4 is 15.9 Å². The Morgan fingerprint density at radius 2 is 1.74 bits per heavy atom. The number of likely N-dealkylation sites (tertiary alicyclic amines) is 1. The monoisotopic (exact) mass is 344 g/mol. The third-order valence-corrected chi connectivity index (χ3v) is 6.85. The normalized spacial score (nSPS) is 22.6. The van der Waals surface area contributed by atoms with E-state index in [1.165, 1.54) is 0 Å². The van der Waals surface area contributed by atoms with Crippen molar-refractivity contribution in [2.45, 2.75) is 59.3 Å². The Labute approximate surface area is 141 Å². The summed E-state index contributed by atoms with van der Waals surface area (Å²) in [7, 11) is -3.13. The quantitative estimate of drug-likeness (QED) is 0.770. The van der Waals surface area contributed by atoms with Crippen LogP contribution in [0, 0.1) is 11.3 Å². The maximum atomic E-state index is 12.4. The van der Waals surface area contributed by atoms with Crippen molar-refractivity contribution in [3.63, 3.8) is 0 Å². The minimum atomic E-state index is -3.13. The van der Waals surface area contributed by atoms with Crippen molar-refractivity contribution in [3.8, 4) is 0 Å². The Hall–Kier alpha value is -0.620. The summed E-state index contributed by atoms with van der Waals surface area (Å²) in [4.78, 5) is 13.9. The number of piperidine rings is 2. The van der Waals surface area contributed by atoms with Crippen LogP contribution in [0.4, 0.5) is 0 Å². The van der Waals surface area contributed by atoms with Gasteiger partial charge in [0.1, 0.15) is 0 Å². The van der Waals surface area contributed by atoms with Crippen LogP contribution in [0.15, 0.2) is 0 Å². The zero-order valence-electron chi connectivity index (χ0n) is 14.9. The largest absolute Gasteiger partial charge is 0.342 e. The maximum absolute atomic E-state index is 12.4. The summed E-state index contributed by atoms with van der Waals surface area (Å²) in [5.74, 6) is 0.966. The maximum Gasteiger partial charge on any atom is 0.222 e. The van der Waals surface area contributed by atoms with Crippen molar-refractivity contribution in [2.24, 2.45) is 11.3 Å². The molecule has 0 saturated carbocycles. The van der Waals surface area contributed by atoms with Crippen LogP contribution < -0.4 is 0 Å². The molecule has 0 aliphatic carbocycles. The first-order chi connectivity index (χ1) is 10.7. The average molecular weight is 345 g/mol. The summed E-state index contributed by atoms with van der Waals surface area (Å²) >= 11 is 0. The minimum Gasteiger partial charge on any atom is -0.342 e. The Balaban J connectivity index is 1.80. The molecule has 6 heteroatoms. The van der Waals surface area contributed by atoms with Gasteiger partial charge in [-0.05, 0) is 43.4 Å². The van der Waals surface area contributed by atoms with Gasteiger partial charge in [-0.15, -0.1) is 0 Å². The van der Waals surface area contributed by atoms with E-state index in [4.69, 9.17) is 0 Å². The fraction of sp³-hybridized carbons (Fsp3) is 0.941. The summed E-state index contributed by atoms with van der Waals surface area (Å²) in [5, 5.41) is 0. The molecule has 0 bridgehead atoms. The second-order valence-electron chi connectivity index (χ2n) is 8.27. The van der Waals surface area contributed by atoms with E-state index < -0.39 is 10.0 Å². The first kappa shape index (κ1) is 18.7. The van der Waals surface area contributed by atoms with Crippen molar-refractivity contribution in [2.75, 3.05) is 31.9 Å². The van der Waals surface area contributed by atoms with Gasteiger partial charge in [0.25, 0.3) is 0 Å². The van der Waals surface area contributed by atoms with Gasteiger partial charge in [0.2, 0.25) is 15.9 Å². The number of carbonyl (C=O) groups excluding carboxylic acids is 1. The number of hydrogen-bond donors (Lipinski definition) is 0. The van der Waals surface area contributed by atoms with Gasteiger partial charge in [-0.1, -0.05) is 20.8 Å². The smallest absolute Gasteiger partial charge is 0.222 e. The lowest BCUT2D eigenvalue weighted by Crippen LogP contribution is -2.44. The molecular formula is C17H32N2O3S. The Morgan fingerprint density at radius 1 is 1.09 bits per heavy atom. The van der Waals surface area contributed by atoms with E-state index in [1.807, 2.05) is 4.90 Å². The fourth-order valence-corrected chi connectivity index (χ4v) is 5.20. The summed E-state index contributed by atoms with van der Waals surface area (Å²) in [6, 6.07) is 0. The first-order valence-corrected chi connectivity index (χ1v) is 10.5. The molecule has 134 valence electrons. The summed E-state index contributed by atoms with van der Waals surface area (Å²) in [5.41, 5.74) is 0.0417. The van der Waals surface area contributed by atoms with Crippen molar-refractivity contribution < 1.29 is 13.2 Å². The molecule has 0 N–H and O–H groups in total. The van der Waals surface area contributed by atoms with E-state index in [9.17, 15) is 13.2 Å². The molecule has 5 nitrogen and oxygen atoms in total. The molecule has 0 aromatic carbocycles. The number of rotatable bonds is 5. The number of carbonyl (C=O) groups is 1. The Kier molecular flexibility index (Phi) is 6.11. The van der Waals surface area contributed by atoms with Gasteiger partial charge in [-0.3, -0.25) is 4.79 Å². The van der Waals surface area contributed by atoms with Crippen LogP contribution in [0.5, 0.6) is 0 Å². The topological polar surface area (TPSA) is 57.7 Å². The SMILES string of the molecule is CC(C)(C)CCS(=O)(=O)N1CCC(CN2CCCCC2=O)CC1. The highest BCUT2D eigenvalue weighted by atomic mass is 32.2. The minimum absolute atomic E-state index is 0.0417. The summed E-state index contributed by atoms with van der Waals surface area (Å²) < 4.78 is 26.5. The summed E-state index contributed by atoms with van der Waals surface area (Å²) in [6.07, 6.45) is 5.24. The van der Waals surface area contributed by atoms with Crippen LogP contribution in [0.3, 0.4) is 0 Å². The van der Waals surface area contributed by atoms with Crippen molar-refractivity contribution in [3.05, 3.63) is 0 Å². The number of amides is 1. The van der Waals surface area contributed by atoms with Gasteiger partial charge in [0, 0.05) is 32.6 Å². The average Bonchev–Trinajstić information content (AvgIpc) is 2.48. The van der Waals surface area contributed by atoms with Crippen LogP contribution in [-0.2, 0) is 14.8 Å². The van der Waals surface area contributed by atoms with Crippen LogP contribution >= 0.6 is 0 Å². The second-order valence-corrected chi connectivity index (χ2v) is 10.4. The van der Waals surface area contributed by atoms with Crippen LogP contribution in [0.25, 0.3) is 0 Å². The van der Waals surface area contributed by atoms with E-state index in [-0.39, 0.29) is 17.1 Å². The Morgan fingerprint density at radius 3 is 2.30 bits per heavy atom. The van der Waals surface area contributed by atoms with Gasteiger partial charge in [-0.2, -0.15) is 0 Å². The first-order valence-electron chi connectivity index (χ1n) is 8.93. The van der Waals surface area contributed by atoms with Crippen LogP contribution in [0.2, 0.25) is 0 Å². The van der Waals surface area contributed by atoms with Crippen LogP contribution in [-0.4, -0.2) is 55.5 Å². The lowest BCUT2D eigenvalue weighted by molar-refractivity contribution is -0.134. The number of hydrogen-bond acceptors (Lipinski definition) is 3. The van der Waals surface area contributed by atoms with Crippen molar-refractivity contribution in [1.29, 1.82) is 0 Å². The molecule has 0 atom stereocenters. The highest BCUT2D eigenvalue weighted by Crippen LogP contribution is 2.25. The molecule has 0 aromatic rings. The summed E-state index contributed by atoms with van der Waals surface area (Å²) in [6.45, 7) is 9.13. The predicted octanol–water partition coefficient (Wildman–Crippen LogP) is 2.48. The third-order valence-electron chi connectivity index (χ3n) is 4.98. The molecule has 2 saturated heterocycles. The van der Waals surface area contributed by atoms with Gasteiger partial charge in [-0.25, -0.2) is 12.7 Å². The molecule has 2 fully saturated rings. The number of sulfonamides is 1. The van der Waals surface area contributed by atoms with Crippen molar-refractivity contribution in [1.82, 2.24) is 9.21 Å². The van der Waals surface area contributed by atoms with E-state index in [1.54, 1.807) is 4.31 Å². The molecule has 0 radical (unpaired) electrons. The standard InChI is InChI=1S/C17H32N2O3S/c1-17(2,3)9-13-23(21,22)19-11-7-15(8-12-19)14-18-10-5-4-6-16(18)20/h15H,4-14H2,1-3H3. The number of nitrogens with zero attached hydrogens (tertiary/aromatic N) is 2. The molecule has 2 heterocycles. The highest BCUT2D eigenvalue weighted by Gasteiger charge is 2.30. The molecule has 0 aromatic heterocycles.